The fraction of sp³-hybridized carbons (Fsp3) is 0.269. The van der Waals surface area contributed by atoms with Crippen LogP contribution in [0.2, 0.25) is 0 Å². The van der Waals surface area contributed by atoms with Crippen LogP contribution in [0.25, 0.3) is 0 Å². The van der Waals surface area contributed by atoms with Crippen molar-refractivity contribution < 1.29 is 17.9 Å². The summed E-state index contributed by atoms with van der Waals surface area (Å²) in [5.74, 6) is 0.391. The van der Waals surface area contributed by atoms with E-state index in [-0.39, 0.29) is 23.9 Å². The number of ether oxygens (including phenoxy) is 1. The fourth-order valence-electron chi connectivity index (χ4n) is 4.04. The maximum Gasteiger partial charge on any atom is 0.243 e. The van der Waals surface area contributed by atoms with Crippen molar-refractivity contribution in [3.8, 4) is 5.75 Å². The predicted molar refractivity (Wildman–Crippen MR) is 127 cm³/mol. The Bertz CT molecular complexity index is 1190. The first-order valence-electron chi connectivity index (χ1n) is 11.0. The van der Waals surface area contributed by atoms with Crippen LogP contribution in [-0.4, -0.2) is 50.3 Å². The molecule has 0 spiro atoms. The molecule has 4 rings (SSSR count). The highest BCUT2D eigenvalue weighted by molar-refractivity contribution is 7.89. The van der Waals surface area contributed by atoms with Crippen molar-refractivity contribution in [2.45, 2.75) is 24.3 Å². The van der Waals surface area contributed by atoms with E-state index in [1.807, 2.05) is 48.5 Å². The smallest absolute Gasteiger partial charge is 0.243 e. The van der Waals surface area contributed by atoms with E-state index in [9.17, 15) is 13.2 Å². The molecule has 6 nitrogen and oxygen atoms in total. The number of carbonyl (C=O) groups is 1. The Morgan fingerprint density at radius 2 is 1.61 bits per heavy atom. The average molecular weight is 465 g/mol. The van der Waals surface area contributed by atoms with Gasteiger partial charge in [0.05, 0.1) is 18.6 Å². The largest absolute Gasteiger partial charge is 0.497 e. The standard InChI is InChI=1S/C26H28N2O4S/c1-32-24-11-13-25(14-12-24)33(30,31)28(18-15-21-7-3-2-4-8-21)20-26(29)27-17-16-22-9-5-6-10-23(22)19-27/h2-14H,15-20H2,1H3. The van der Waals surface area contributed by atoms with E-state index in [0.717, 1.165) is 17.5 Å². The fourth-order valence-corrected chi connectivity index (χ4v) is 5.43. The third kappa shape index (κ3) is 5.43. The Kier molecular flexibility index (Phi) is 7.11. The molecule has 0 saturated heterocycles. The van der Waals surface area contributed by atoms with Crippen molar-refractivity contribution >= 4 is 15.9 Å². The minimum atomic E-state index is -3.86. The van der Waals surface area contributed by atoms with Gasteiger partial charge < -0.3 is 9.64 Å². The molecule has 0 N–H and O–H groups in total. The molecule has 1 aliphatic rings. The number of nitrogens with zero attached hydrogens (tertiary/aromatic N) is 2. The average Bonchev–Trinajstić information content (AvgIpc) is 2.86. The molecule has 1 aliphatic heterocycles. The Labute approximate surface area is 195 Å². The summed E-state index contributed by atoms with van der Waals surface area (Å²) in [7, 11) is -2.33. The second kappa shape index (κ2) is 10.2. The van der Waals surface area contributed by atoms with Crippen molar-refractivity contribution in [3.63, 3.8) is 0 Å². The maximum absolute atomic E-state index is 13.5. The summed E-state index contributed by atoms with van der Waals surface area (Å²) in [6.45, 7) is 1.12. The molecule has 0 unspecified atom stereocenters. The lowest BCUT2D eigenvalue weighted by molar-refractivity contribution is -0.132. The summed E-state index contributed by atoms with van der Waals surface area (Å²) >= 11 is 0. The van der Waals surface area contributed by atoms with Crippen LogP contribution < -0.4 is 4.74 Å². The quantitative estimate of drug-likeness (QED) is 0.512. The Hall–Kier alpha value is -3.16. The first-order valence-corrected chi connectivity index (χ1v) is 12.4. The van der Waals surface area contributed by atoms with E-state index in [0.29, 0.717) is 25.3 Å². The molecule has 0 fully saturated rings. The van der Waals surface area contributed by atoms with Crippen molar-refractivity contribution in [1.82, 2.24) is 9.21 Å². The molecule has 0 bridgehead atoms. The molecule has 7 heteroatoms. The van der Waals surface area contributed by atoms with Gasteiger partial charge in [-0.25, -0.2) is 8.42 Å². The molecule has 1 amide bonds. The van der Waals surface area contributed by atoms with Crippen LogP contribution in [0.5, 0.6) is 5.75 Å². The van der Waals surface area contributed by atoms with E-state index in [1.165, 1.54) is 29.1 Å². The minimum Gasteiger partial charge on any atom is -0.497 e. The van der Waals surface area contributed by atoms with Crippen molar-refractivity contribution in [2.24, 2.45) is 0 Å². The zero-order chi connectivity index (χ0) is 23.3. The summed E-state index contributed by atoms with van der Waals surface area (Å²) in [5.41, 5.74) is 3.38. The third-order valence-corrected chi connectivity index (χ3v) is 7.84. The topological polar surface area (TPSA) is 66.9 Å². The number of hydrogen-bond donors (Lipinski definition) is 0. The second-order valence-electron chi connectivity index (χ2n) is 8.08. The van der Waals surface area contributed by atoms with E-state index in [4.69, 9.17) is 4.74 Å². The zero-order valence-electron chi connectivity index (χ0n) is 18.7. The number of fused-ring (bicyclic) bond motifs is 1. The molecule has 1 heterocycles. The molecule has 3 aromatic rings. The third-order valence-electron chi connectivity index (χ3n) is 5.98. The molecule has 3 aromatic carbocycles. The van der Waals surface area contributed by atoms with Gasteiger partial charge in [0.25, 0.3) is 0 Å². The lowest BCUT2D eigenvalue weighted by Crippen LogP contribution is -2.45. The number of hydrogen-bond acceptors (Lipinski definition) is 4. The van der Waals surface area contributed by atoms with Crippen LogP contribution in [0.15, 0.2) is 83.8 Å². The normalized spacial score (nSPS) is 13.6. The van der Waals surface area contributed by atoms with Crippen LogP contribution in [0, 0.1) is 0 Å². The van der Waals surface area contributed by atoms with Gasteiger partial charge >= 0.3 is 0 Å². The molecule has 0 aromatic heterocycles. The van der Waals surface area contributed by atoms with Gasteiger partial charge in [-0.3, -0.25) is 4.79 Å². The van der Waals surface area contributed by atoms with Crippen LogP contribution in [0.3, 0.4) is 0 Å². The van der Waals surface area contributed by atoms with Crippen LogP contribution in [0.1, 0.15) is 16.7 Å². The molecule has 0 saturated carbocycles. The summed E-state index contributed by atoms with van der Waals surface area (Å²) < 4.78 is 33.4. The summed E-state index contributed by atoms with van der Waals surface area (Å²) in [4.78, 5) is 15.1. The summed E-state index contributed by atoms with van der Waals surface area (Å²) in [6, 6.07) is 24.0. The van der Waals surface area contributed by atoms with Crippen molar-refractivity contribution in [2.75, 3.05) is 26.7 Å². The molecule has 172 valence electrons. The van der Waals surface area contributed by atoms with E-state index < -0.39 is 10.0 Å². The van der Waals surface area contributed by atoms with Gasteiger partial charge in [0.15, 0.2) is 0 Å². The number of sulfonamides is 1. The molecule has 0 radical (unpaired) electrons. The highest BCUT2D eigenvalue weighted by Crippen LogP contribution is 2.22. The van der Waals surface area contributed by atoms with Crippen molar-refractivity contribution in [1.29, 1.82) is 0 Å². The second-order valence-corrected chi connectivity index (χ2v) is 10.0. The van der Waals surface area contributed by atoms with E-state index >= 15 is 0 Å². The SMILES string of the molecule is COc1ccc(S(=O)(=O)N(CCc2ccccc2)CC(=O)N2CCc3ccccc3C2)cc1. The van der Waals surface area contributed by atoms with E-state index in [2.05, 4.69) is 6.07 Å². The molecule has 0 aliphatic carbocycles. The van der Waals surface area contributed by atoms with Gasteiger partial charge in [0, 0.05) is 19.6 Å². The zero-order valence-corrected chi connectivity index (χ0v) is 19.5. The Morgan fingerprint density at radius 3 is 2.30 bits per heavy atom. The summed E-state index contributed by atoms with van der Waals surface area (Å²) in [6.07, 6.45) is 1.30. The van der Waals surface area contributed by atoms with Gasteiger partial charge in [0.1, 0.15) is 5.75 Å². The number of rotatable bonds is 8. The highest BCUT2D eigenvalue weighted by Gasteiger charge is 2.29. The number of carbonyl (C=O) groups excluding carboxylic acids is 1. The first kappa shape index (κ1) is 23.0. The molecular weight excluding hydrogens is 436 g/mol. The molecule has 33 heavy (non-hydrogen) atoms. The monoisotopic (exact) mass is 464 g/mol. The predicted octanol–water partition coefficient (Wildman–Crippen LogP) is 3.51. The first-order chi connectivity index (χ1) is 16.0. The lowest BCUT2D eigenvalue weighted by Gasteiger charge is -2.31. The maximum atomic E-state index is 13.5. The van der Waals surface area contributed by atoms with E-state index in [1.54, 1.807) is 17.0 Å². The number of benzene rings is 3. The van der Waals surface area contributed by atoms with Gasteiger partial charge in [0.2, 0.25) is 15.9 Å². The number of amides is 1. The van der Waals surface area contributed by atoms with Crippen LogP contribution in [0.4, 0.5) is 0 Å². The van der Waals surface area contributed by atoms with Gasteiger partial charge in [-0.1, -0.05) is 54.6 Å². The van der Waals surface area contributed by atoms with Crippen LogP contribution in [-0.2, 0) is 34.2 Å². The number of methoxy groups -OCH3 is 1. The Balaban J connectivity index is 1.54. The lowest BCUT2D eigenvalue weighted by atomic mass is 10.00. The van der Waals surface area contributed by atoms with Gasteiger partial charge in [-0.2, -0.15) is 4.31 Å². The summed E-state index contributed by atoms with van der Waals surface area (Å²) in [5, 5.41) is 0. The van der Waals surface area contributed by atoms with Crippen LogP contribution >= 0.6 is 0 Å². The Morgan fingerprint density at radius 1 is 0.939 bits per heavy atom. The van der Waals surface area contributed by atoms with Gasteiger partial charge in [-0.15, -0.1) is 0 Å². The van der Waals surface area contributed by atoms with Crippen molar-refractivity contribution in [3.05, 3.63) is 95.6 Å². The molecule has 0 atom stereocenters. The highest BCUT2D eigenvalue weighted by atomic mass is 32.2. The van der Waals surface area contributed by atoms with Gasteiger partial charge in [-0.05, 0) is 53.8 Å². The molecular formula is C26H28N2O4S. The minimum absolute atomic E-state index is 0.146.